The lowest BCUT2D eigenvalue weighted by molar-refractivity contribution is -0.138. The summed E-state index contributed by atoms with van der Waals surface area (Å²) in [5, 5.41) is 3.12. The van der Waals surface area contributed by atoms with Crippen molar-refractivity contribution in [2.24, 2.45) is 17.8 Å². The molecule has 2 heterocycles. The van der Waals surface area contributed by atoms with Crippen LogP contribution in [0.4, 0.5) is 0 Å². The molecule has 0 aromatic heterocycles. The summed E-state index contributed by atoms with van der Waals surface area (Å²) in [6.07, 6.45) is 12.2. The number of carbonyl (C=O) groups is 2. The van der Waals surface area contributed by atoms with Crippen LogP contribution in [0.1, 0.15) is 77.6 Å². The summed E-state index contributed by atoms with van der Waals surface area (Å²) in [4.78, 5) is 29.5. The highest BCUT2D eigenvalue weighted by molar-refractivity contribution is 5.79. The fraction of sp³-hybridized carbons (Fsp3) is 0.913. The number of hydrogen-bond donors (Lipinski definition) is 1. The molecule has 28 heavy (non-hydrogen) atoms. The van der Waals surface area contributed by atoms with Crippen molar-refractivity contribution in [3.8, 4) is 0 Å². The minimum atomic E-state index is 0.198. The molecule has 1 aliphatic carbocycles. The molecule has 2 amide bonds. The molecule has 1 saturated carbocycles. The second-order valence-corrected chi connectivity index (χ2v) is 9.56. The SMILES string of the molecule is C[C@@H]1CCCN(CCCNC(=O)CC2CCN(C(=O)C3CCCCC3)CC2)C1. The zero-order chi connectivity index (χ0) is 19.8. The second-order valence-electron chi connectivity index (χ2n) is 9.56. The summed E-state index contributed by atoms with van der Waals surface area (Å²) in [7, 11) is 0. The van der Waals surface area contributed by atoms with Gasteiger partial charge in [0.1, 0.15) is 0 Å². The molecule has 0 aromatic carbocycles. The van der Waals surface area contributed by atoms with E-state index in [0.29, 0.717) is 18.2 Å². The van der Waals surface area contributed by atoms with Gasteiger partial charge in [-0.3, -0.25) is 9.59 Å². The first-order valence-electron chi connectivity index (χ1n) is 11.9. The van der Waals surface area contributed by atoms with Crippen molar-refractivity contribution in [2.45, 2.75) is 77.6 Å². The molecule has 1 atom stereocenters. The maximum Gasteiger partial charge on any atom is 0.225 e. The van der Waals surface area contributed by atoms with Gasteiger partial charge in [0.15, 0.2) is 0 Å². The molecular formula is C23H41N3O2. The van der Waals surface area contributed by atoms with Crippen molar-refractivity contribution < 1.29 is 9.59 Å². The van der Waals surface area contributed by atoms with Crippen LogP contribution in [-0.4, -0.2) is 60.9 Å². The molecule has 1 N–H and O–H groups in total. The zero-order valence-electron chi connectivity index (χ0n) is 18.0. The first-order chi connectivity index (χ1) is 13.6. The van der Waals surface area contributed by atoms with E-state index in [2.05, 4.69) is 22.0 Å². The van der Waals surface area contributed by atoms with Gasteiger partial charge in [-0.15, -0.1) is 0 Å². The normalized spacial score (nSPS) is 25.6. The number of hydrogen-bond acceptors (Lipinski definition) is 3. The summed E-state index contributed by atoms with van der Waals surface area (Å²) < 4.78 is 0. The lowest BCUT2D eigenvalue weighted by atomic mass is 9.87. The molecule has 0 radical (unpaired) electrons. The van der Waals surface area contributed by atoms with Crippen molar-refractivity contribution in [1.82, 2.24) is 15.1 Å². The van der Waals surface area contributed by atoms with E-state index in [1.807, 2.05) is 0 Å². The predicted octanol–water partition coefficient (Wildman–Crippen LogP) is 3.43. The fourth-order valence-corrected chi connectivity index (χ4v) is 5.32. The van der Waals surface area contributed by atoms with Crippen molar-refractivity contribution in [2.75, 3.05) is 39.3 Å². The lowest BCUT2D eigenvalue weighted by Crippen LogP contribution is -2.43. The van der Waals surface area contributed by atoms with Gasteiger partial charge < -0.3 is 15.1 Å². The molecule has 0 spiro atoms. The van der Waals surface area contributed by atoms with Crippen LogP contribution >= 0.6 is 0 Å². The Morgan fingerprint density at radius 1 is 0.929 bits per heavy atom. The topological polar surface area (TPSA) is 52.7 Å². The average Bonchev–Trinajstić information content (AvgIpc) is 2.72. The standard InChI is InChI=1S/C23H41N3O2/c1-19-7-5-13-25(18-19)14-6-12-24-22(27)17-20-10-15-26(16-11-20)23(28)21-8-3-2-4-9-21/h19-21H,2-18H2,1H3,(H,24,27)/t19-/m1/s1. The van der Waals surface area contributed by atoms with Crippen LogP contribution in [0.5, 0.6) is 0 Å². The van der Waals surface area contributed by atoms with Gasteiger partial charge in [0, 0.05) is 38.5 Å². The fourth-order valence-electron chi connectivity index (χ4n) is 5.32. The molecule has 5 heteroatoms. The molecule has 160 valence electrons. The van der Waals surface area contributed by atoms with Gasteiger partial charge in [-0.1, -0.05) is 26.2 Å². The van der Waals surface area contributed by atoms with Crippen LogP contribution in [0, 0.1) is 17.8 Å². The van der Waals surface area contributed by atoms with Crippen molar-refractivity contribution >= 4 is 11.8 Å². The lowest BCUT2D eigenvalue weighted by Gasteiger charge is -2.35. The van der Waals surface area contributed by atoms with E-state index in [-0.39, 0.29) is 11.8 Å². The Balaban J connectivity index is 1.26. The molecule has 2 saturated heterocycles. The molecule has 3 aliphatic rings. The molecule has 2 aliphatic heterocycles. The van der Waals surface area contributed by atoms with E-state index < -0.39 is 0 Å². The monoisotopic (exact) mass is 391 g/mol. The molecule has 3 rings (SSSR count). The Hall–Kier alpha value is -1.10. The molecule has 0 aromatic rings. The average molecular weight is 392 g/mol. The number of nitrogens with one attached hydrogen (secondary N) is 1. The summed E-state index contributed by atoms with van der Waals surface area (Å²) in [5.74, 6) is 2.12. The van der Waals surface area contributed by atoms with Gasteiger partial charge in [-0.05, 0) is 69.9 Å². The molecule has 0 unspecified atom stereocenters. The number of rotatable bonds is 7. The van der Waals surface area contributed by atoms with E-state index in [0.717, 1.165) is 64.2 Å². The smallest absolute Gasteiger partial charge is 0.225 e. The Labute approximate surface area is 171 Å². The third kappa shape index (κ3) is 6.75. The Kier molecular flexibility index (Phi) is 8.63. The van der Waals surface area contributed by atoms with Gasteiger partial charge in [0.25, 0.3) is 0 Å². The molecule has 3 fully saturated rings. The van der Waals surface area contributed by atoms with Gasteiger partial charge in [-0.25, -0.2) is 0 Å². The predicted molar refractivity (Wildman–Crippen MR) is 113 cm³/mol. The Morgan fingerprint density at radius 2 is 1.68 bits per heavy atom. The minimum Gasteiger partial charge on any atom is -0.356 e. The largest absolute Gasteiger partial charge is 0.356 e. The van der Waals surface area contributed by atoms with Crippen molar-refractivity contribution in [1.29, 1.82) is 0 Å². The van der Waals surface area contributed by atoms with Crippen LogP contribution in [0.2, 0.25) is 0 Å². The van der Waals surface area contributed by atoms with Crippen LogP contribution in [-0.2, 0) is 9.59 Å². The third-order valence-corrected chi connectivity index (χ3v) is 7.07. The van der Waals surface area contributed by atoms with E-state index in [1.54, 1.807) is 0 Å². The van der Waals surface area contributed by atoms with Crippen molar-refractivity contribution in [3.63, 3.8) is 0 Å². The first-order valence-corrected chi connectivity index (χ1v) is 11.9. The number of amides is 2. The summed E-state index contributed by atoms with van der Waals surface area (Å²) in [5.41, 5.74) is 0. The maximum absolute atomic E-state index is 12.6. The maximum atomic E-state index is 12.6. The summed E-state index contributed by atoms with van der Waals surface area (Å²) in [6.45, 7) is 8.36. The number of piperidine rings is 2. The number of nitrogens with zero attached hydrogens (tertiary/aromatic N) is 2. The highest BCUT2D eigenvalue weighted by atomic mass is 16.2. The van der Waals surface area contributed by atoms with Gasteiger partial charge in [0.2, 0.25) is 11.8 Å². The summed E-state index contributed by atoms with van der Waals surface area (Å²) >= 11 is 0. The second kappa shape index (κ2) is 11.2. The van der Waals surface area contributed by atoms with Crippen LogP contribution < -0.4 is 5.32 Å². The van der Waals surface area contributed by atoms with E-state index >= 15 is 0 Å². The summed E-state index contributed by atoms with van der Waals surface area (Å²) in [6, 6.07) is 0. The zero-order valence-corrected chi connectivity index (χ0v) is 18.0. The highest BCUT2D eigenvalue weighted by Crippen LogP contribution is 2.28. The third-order valence-electron chi connectivity index (χ3n) is 7.07. The van der Waals surface area contributed by atoms with Crippen LogP contribution in [0.3, 0.4) is 0 Å². The van der Waals surface area contributed by atoms with Crippen LogP contribution in [0.15, 0.2) is 0 Å². The van der Waals surface area contributed by atoms with Crippen molar-refractivity contribution in [3.05, 3.63) is 0 Å². The minimum absolute atomic E-state index is 0.198. The molecule has 0 bridgehead atoms. The van der Waals surface area contributed by atoms with Gasteiger partial charge in [0.05, 0.1) is 0 Å². The highest BCUT2D eigenvalue weighted by Gasteiger charge is 2.29. The Morgan fingerprint density at radius 3 is 2.39 bits per heavy atom. The molecule has 5 nitrogen and oxygen atoms in total. The van der Waals surface area contributed by atoms with E-state index in [1.165, 1.54) is 45.2 Å². The van der Waals surface area contributed by atoms with Gasteiger partial charge in [-0.2, -0.15) is 0 Å². The Bertz CT molecular complexity index is 496. The number of likely N-dealkylation sites (tertiary alicyclic amines) is 2. The first kappa shape index (κ1) is 21.6. The molecular weight excluding hydrogens is 350 g/mol. The van der Waals surface area contributed by atoms with E-state index in [4.69, 9.17) is 0 Å². The number of carbonyl (C=O) groups excluding carboxylic acids is 2. The van der Waals surface area contributed by atoms with E-state index in [9.17, 15) is 9.59 Å². The quantitative estimate of drug-likeness (QED) is 0.677. The van der Waals surface area contributed by atoms with Gasteiger partial charge >= 0.3 is 0 Å². The van der Waals surface area contributed by atoms with Crippen LogP contribution in [0.25, 0.3) is 0 Å².